The van der Waals surface area contributed by atoms with Crippen LogP contribution in [0.2, 0.25) is 10.0 Å². The second-order valence-corrected chi connectivity index (χ2v) is 10.1. The third-order valence-electron chi connectivity index (χ3n) is 6.52. The topological polar surface area (TPSA) is 67.9 Å². The molecule has 0 spiro atoms. The summed E-state index contributed by atoms with van der Waals surface area (Å²) in [6.45, 7) is 3.01. The molecule has 0 saturated carbocycles. The summed E-state index contributed by atoms with van der Waals surface area (Å²) >= 11 is 12.6. The molecule has 8 heteroatoms. The summed E-state index contributed by atoms with van der Waals surface area (Å²) in [5.41, 5.74) is 2.66. The van der Waals surface area contributed by atoms with Crippen LogP contribution in [0.5, 0.6) is 11.5 Å². The lowest BCUT2D eigenvalue weighted by atomic mass is 10.0. The maximum atomic E-state index is 13.8. The first-order chi connectivity index (χ1) is 18.4. The number of nitrogens with one attached hydrogen (secondary N) is 1. The lowest BCUT2D eigenvalue weighted by Crippen LogP contribution is -2.50. The highest BCUT2D eigenvalue weighted by Gasteiger charge is 2.30. The molecule has 1 heterocycles. The molecular formula is C30H32Cl2N2O4. The van der Waals surface area contributed by atoms with Crippen LogP contribution < -0.4 is 14.8 Å². The smallest absolute Gasteiger partial charge is 0.243 e. The summed E-state index contributed by atoms with van der Waals surface area (Å²) in [7, 11) is 0. The van der Waals surface area contributed by atoms with Gasteiger partial charge in [-0.1, -0.05) is 79.0 Å². The highest BCUT2D eigenvalue weighted by Crippen LogP contribution is 2.33. The highest BCUT2D eigenvalue weighted by molar-refractivity contribution is 6.35. The zero-order valence-corrected chi connectivity index (χ0v) is 22.9. The predicted molar refractivity (Wildman–Crippen MR) is 150 cm³/mol. The Morgan fingerprint density at radius 1 is 0.974 bits per heavy atom. The Balaban J connectivity index is 1.60. The van der Waals surface area contributed by atoms with Crippen molar-refractivity contribution < 1.29 is 19.1 Å². The predicted octanol–water partition coefficient (Wildman–Crippen LogP) is 6.21. The Bertz CT molecular complexity index is 1250. The van der Waals surface area contributed by atoms with Gasteiger partial charge in [-0.05, 0) is 53.8 Å². The van der Waals surface area contributed by atoms with Gasteiger partial charge in [0, 0.05) is 36.0 Å². The molecule has 0 unspecified atom stereocenters. The van der Waals surface area contributed by atoms with E-state index in [2.05, 4.69) is 12.2 Å². The van der Waals surface area contributed by atoms with Crippen molar-refractivity contribution >= 4 is 35.0 Å². The van der Waals surface area contributed by atoms with Crippen molar-refractivity contribution in [3.8, 4) is 11.5 Å². The number of rotatable bonds is 12. The van der Waals surface area contributed by atoms with Crippen molar-refractivity contribution in [2.45, 2.75) is 51.6 Å². The number of aryl methyl sites for hydroxylation is 1. The van der Waals surface area contributed by atoms with Crippen molar-refractivity contribution in [2.24, 2.45) is 0 Å². The molecule has 200 valence electrons. The van der Waals surface area contributed by atoms with E-state index in [1.165, 1.54) is 0 Å². The number of hydrogen-bond acceptors (Lipinski definition) is 4. The summed E-state index contributed by atoms with van der Waals surface area (Å²) in [6.07, 6.45) is 2.93. The first kappa shape index (κ1) is 27.8. The zero-order chi connectivity index (χ0) is 26.9. The van der Waals surface area contributed by atoms with Crippen LogP contribution in [-0.2, 0) is 29.0 Å². The molecule has 0 aliphatic carbocycles. The van der Waals surface area contributed by atoms with E-state index in [1.807, 2.05) is 48.5 Å². The number of amides is 2. The standard InChI is InChI=1S/C30H32Cl2N2O4/c1-2-3-15-33-30(36)26(16-21-7-5-4-6-8-21)34(19-23-11-12-24(31)18-25(23)32)29(35)14-10-22-9-13-27-28(17-22)38-20-37-27/h4-9,11-13,17-18,26H,2-3,10,14-16,19-20H2,1H3,(H,33,36)/t26-/m0/s1. The minimum Gasteiger partial charge on any atom is -0.454 e. The van der Waals surface area contributed by atoms with Crippen LogP contribution in [-0.4, -0.2) is 36.1 Å². The third-order valence-corrected chi connectivity index (χ3v) is 7.11. The van der Waals surface area contributed by atoms with Gasteiger partial charge in [0.2, 0.25) is 18.6 Å². The van der Waals surface area contributed by atoms with Crippen LogP contribution >= 0.6 is 23.2 Å². The quantitative estimate of drug-likeness (QED) is 0.270. The molecule has 1 atom stereocenters. The number of unbranched alkanes of at least 4 members (excludes halogenated alkanes) is 1. The van der Waals surface area contributed by atoms with Crippen LogP contribution in [0, 0.1) is 0 Å². The average molecular weight is 556 g/mol. The maximum absolute atomic E-state index is 13.8. The zero-order valence-electron chi connectivity index (χ0n) is 21.4. The summed E-state index contributed by atoms with van der Waals surface area (Å²) < 4.78 is 10.9. The minimum atomic E-state index is -0.703. The molecule has 0 radical (unpaired) electrons. The van der Waals surface area contributed by atoms with Crippen LogP contribution in [0.3, 0.4) is 0 Å². The number of ether oxygens (including phenoxy) is 2. The van der Waals surface area contributed by atoms with Gasteiger partial charge in [0.15, 0.2) is 11.5 Å². The Morgan fingerprint density at radius 2 is 1.76 bits per heavy atom. The van der Waals surface area contributed by atoms with E-state index in [4.69, 9.17) is 32.7 Å². The van der Waals surface area contributed by atoms with E-state index in [1.54, 1.807) is 23.1 Å². The van der Waals surface area contributed by atoms with Gasteiger partial charge in [-0.25, -0.2) is 0 Å². The van der Waals surface area contributed by atoms with E-state index in [0.717, 1.165) is 29.5 Å². The van der Waals surface area contributed by atoms with Crippen LogP contribution in [0.15, 0.2) is 66.7 Å². The van der Waals surface area contributed by atoms with Crippen LogP contribution in [0.1, 0.15) is 42.9 Å². The summed E-state index contributed by atoms with van der Waals surface area (Å²) in [5, 5.41) is 4.00. The van der Waals surface area contributed by atoms with Crippen molar-refractivity contribution in [1.82, 2.24) is 10.2 Å². The van der Waals surface area contributed by atoms with Gasteiger partial charge in [-0.3, -0.25) is 9.59 Å². The second kappa shape index (κ2) is 13.5. The van der Waals surface area contributed by atoms with Gasteiger partial charge in [0.1, 0.15) is 6.04 Å². The van der Waals surface area contributed by atoms with Crippen molar-refractivity contribution in [3.05, 3.63) is 93.5 Å². The number of benzene rings is 3. The fourth-order valence-electron chi connectivity index (χ4n) is 4.38. The van der Waals surface area contributed by atoms with E-state index in [0.29, 0.717) is 40.9 Å². The summed E-state index contributed by atoms with van der Waals surface area (Å²) in [4.78, 5) is 29.0. The fourth-order valence-corrected chi connectivity index (χ4v) is 4.85. The lowest BCUT2D eigenvalue weighted by molar-refractivity contribution is -0.141. The van der Waals surface area contributed by atoms with Crippen molar-refractivity contribution in [1.29, 1.82) is 0 Å². The number of halogens is 2. The molecule has 0 bridgehead atoms. The molecule has 6 nitrogen and oxygen atoms in total. The number of carbonyl (C=O) groups excluding carboxylic acids is 2. The van der Waals surface area contributed by atoms with Crippen LogP contribution in [0.4, 0.5) is 0 Å². The molecule has 3 aromatic carbocycles. The molecule has 0 saturated heterocycles. The van der Waals surface area contributed by atoms with Gasteiger partial charge >= 0.3 is 0 Å². The SMILES string of the molecule is CCCCNC(=O)[C@H](Cc1ccccc1)N(Cc1ccc(Cl)cc1Cl)C(=O)CCc1ccc2c(c1)OCO2. The molecule has 0 fully saturated rings. The normalized spacial score (nSPS) is 12.7. The number of nitrogens with zero attached hydrogens (tertiary/aromatic N) is 1. The largest absolute Gasteiger partial charge is 0.454 e. The van der Waals surface area contributed by atoms with Gasteiger partial charge in [-0.2, -0.15) is 0 Å². The van der Waals surface area contributed by atoms with E-state index >= 15 is 0 Å². The molecular weight excluding hydrogens is 523 g/mol. The third kappa shape index (κ3) is 7.42. The minimum absolute atomic E-state index is 0.139. The Kier molecular flexibility index (Phi) is 9.91. The van der Waals surface area contributed by atoms with Gasteiger partial charge in [-0.15, -0.1) is 0 Å². The van der Waals surface area contributed by atoms with Gasteiger partial charge in [0.25, 0.3) is 0 Å². The average Bonchev–Trinajstić information content (AvgIpc) is 3.39. The maximum Gasteiger partial charge on any atom is 0.243 e. The molecule has 38 heavy (non-hydrogen) atoms. The lowest BCUT2D eigenvalue weighted by Gasteiger charge is -2.32. The number of carbonyl (C=O) groups is 2. The molecule has 0 aromatic heterocycles. The summed E-state index contributed by atoms with van der Waals surface area (Å²) in [5.74, 6) is 1.06. The molecule has 1 N–H and O–H groups in total. The monoisotopic (exact) mass is 554 g/mol. The van der Waals surface area contributed by atoms with Gasteiger partial charge < -0.3 is 19.7 Å². The molecule has 2 amide bonds. The molecule has 1 aliphatic rings. The Morgan fingerprint density at radius 3 is 2.53 bits per heavy atom. The first-order valence-corrected chi connectivity index (χ1v) is 13.6. The number of hydrogen-bond donors (Lipinski definition) is 1. The first-order valence-electron chi connectivity index (χ1n) is 12.9. The molecule has 1 aliphatic heterocycles. The van der Waals surface area contributed by atoms with Gasteiger partial charge in [0.05, 0.1) is 0 Å². The highest BCUT2D eigenvalue weighted by atomic mass is 35.5. The van der Waals surface area contributed by atoms with Crippen molar-refractivity contribution in [3.63, 3.8) is 0 Å². The second-order valence-electron chi connectivity index (χ2n) is 9.30. The van der Waals surface area contributed by atoms with E-state index in [9.17, 15) is 9.59 Å². The molecule has 3 aromatic rings. The fraction of sp³-hybridized carbons (Fsp3) is 0.333. The van der Waals surface area contributed by atoms with E-state index in [-0.39, 0.29) is 31.6 Å². The van der Waals surface area contributed by atoms with Crippen LogP contribution in [0.25, 0.3) is 0 Å². The summed E-state index contributed by atoms with van der Waals surface area (Å²) in [6, 6.07) is 19.9. The Hall–Kier alpha value is -3.22. The Labute approximate surface area is 233 Å². The molecule has 4 rings (SSSR count). The van der Waals surface area contributed by atoms with Crippen molar-refractivity contribution in [2.75, 3.05) is 13.3 Å². The number of fused-ring (bicyclic) bond motifs is 1. The van der Waals surface area contributed by atoms with E-state index < -0.39 is 6.04 Å².